The van der Waals surface area contributed by atoms with Gasteiger partial charge < -0.3 is 5.32 Å². The molecule has 0 aliphatic heterocycles. The van der Waals surface area contributed by atoms with Crippen LogP contribution in [0.15, 0.2) is 35.4 Å². The average molecular weight is 464 g/mol. The fourth-order valence-corrected chi connectivity index (χ4v) is 5.99. The van der Waals surface area contributed by atoms with Gasteiger partial charge in [0.25, 0.3) is 0 Å². The first-order chi connectivity index (χ1) is 15.1. The summed E-state index contributed by atoms with van der Waals surface area (Å²) in [6, 6.07) is 6.29. The molecule has 2 aliphatic carbocycles. The lowest BCUT2D eigenvalue weighted by Gasteiger charge is -2.21. The summed E-state index contributed by atoms with van der Waals surface area (Å²) in [6.07, 6.45) is 0.267. The van der Waals surface area contributed by atoms with Gasteiger partial charge in [0.1, 0.15) is 12.3 Å². The molecule has 2 fully saturated rings. The fourth-order valence-electron chi connectivity index (χ4n) is 4.33. The third kappa shape index (κ3) is 4.82. The van der Waals surface area contributed by atoms with Crippen molar-refractivity contribution in [2.75, 3.05) is 5.32 Å². The molecule has 0 radical (unpaired) electrons. The maximum atomic E-state index is 13.8. The molecule has 1 heterocycles. The van der Waals surface area contributed by atoms with Crippen molar-refractivity contribution in [2.45, 2.75) is 74.4 Å². The molecule has 0 spiro atoms. The minimum Gasteiger partial charge on any atom is -0.309 e. The van der Waals surface area contributed by atoms with E-state index in [9.17, 15) is 22.0 Å². The van der Waals surface area contributed by atoms with E-state index in [4.69, 9.17) is 0 Å². The average Bonchev–Trinajstić information content (AvgIpc) is 3.55. The van der Waals surface area contributed by atoms with Crippen molar-refractivity contribution in [3.05, 3.63) is 47.4 Å². The Morgan fingerprint density at radius 2 is 1.75 bits per heavy atom. The first-order valence-electron chi connectivity index (χ1n) is 10.9. The summed E-state index contributed by atoms with van der Waals surface area (Å²) in [7, 11) is -3.34. The van der Waals surface area contributed by atoms with Gasteiger partial charge in [-0.05, 0) is 69.6 Å². The minimum absolute atomic E-state index is 0.0719. The SMILES string of the molecule is Cc1cnc(NC(=O)[C@H](CC2C[C@@H](F)[C@@H](F)C2)c2ccc(S(=O)(=O)C3CC3)cc2)c(C)n1. The number of aryl methyl sites for hydroxylation is 2. The molecule has 172 valence electrons. The zero-order valence-electron chi connectivity index (χ0n) is 18.1. The smallest absolute Gasteiger partial charge is 0.233 e. The number of sulfone groups is 1. The van der Waals surface area contributed by atoms with Crippen LogP contribution in [0.2, 0.25) is 0 Å². The van der Waals surface area contributed by atoms with Crippen LogP contribution in [-0.2, 0) is 14.6 Å². The predicted octanol–water partition coefficient (Wildman–Crippen LogP) is 4.23. The number of amides is 1. The highest BCUT2D eigenvalue weighted by Crippen LogP contribution is 2.39. The van der Waals surface area contributed by atoms with Crippen molar-refractivity contribution in [1.82, 2.24) is 9.97 Å². The number of rotatable bonds is 7. The zero-order chi connectivity index (χ0) is 23.0. The van der Waals surface area contributed by atoms with Crippen molar-refractivity contribution < 1.29 is 22.0 Å². The van der Waals surface area contributed by atoms with Gasteiger partial charge in [0.2, 0.25) is 5.91 Å². The van der Waals surface area contributed by atoms with Gasteiger partial charge in [-0.3, -0.25) is 9.78 Å². The van der Waals surface area contributed by atoms with E-state index in [-0.39, 0.29) is 41.2 Å². The molecular formula is C23H27F2N3O3S. The third-order valence-corrected chi connectivity index (χ3v) is 8.56. The van der Waals surface area contributed by atoms with Crippen LogP contribution >= 0.6 is 0 Å². The summed E-state index contributed by atoms with van der Waals surface area (Å²) in [5.74, 6) is -1.01. The second kappa shape index (κ2) is 8.84. The van der Waals surface area contributed by atoms with Crippen molar-refractivity contribution in [3.63, 3.8) is 0 Å². The van der Waals surface area contributed by atoms with Crippen LogP contribution < -0.4 is 5.32 Å². The second-order valence-electron chi connectivity index (χ2n) is 8.91. The number of carbonyl (C=O) groups excluding carboxylic acids is 1. The highest BCUT2D eigenvalue weighted by Gasteiger charge is 2.38. The number of nitrogens with zero attached hydrogens (tertiary/aromatic N) is 2. The van der Waals surface area contributed by atoms with Crippen LogP contribution in [-0.4, -0.2) is 41.9 Å². The first-order valence-corrected chi connectivity index (χ1v) is 12.4. The van der Waals surface area contributed by atoms with Gasteiger partial charge >= 0.3 is 0 Å². The fraction of sp³-hybridized carbons (Fsp3) is 0.522. The third-order valence-electron chi connectivity index (χ3n) is 6.28. The lowest BCUT2D eigenvalue weighted by atomic mass is 9.87. The predicted molar refractivity (Wildman–Crippen MR) is 117 cm³/mol. The Hall–Kier alpha value is -2.42. The van der Waals surface area contributed by atoms with Crippen LogP contribution in [0.3, 0.4) is 0 Å². The number of anilines is 1. The summed E-state index contributed by atoms with van der Waals surface area (Å²) >= 11 is 0. The van der Waals surface area contributed by atoms with Crippen LogP contribution in [0.25, 0.3) is 0 Å². The van der Waals surface area contributed by atoms with Crippen LogP contribution in [0.4, 0.5) is 14.6 Å². The monoisotopic (exact) mass is 463 g/mol. The number of hydrogen-bond acceptors (Lipinski definition) is 5. The van der Waals surface area contributed by atoms with E-state index >= 15 is 0 Å². The summed E-state index contributed by atoms with van der Waals surface area (Å²) in [5.41, 5.74) is 1.89. The molecule has 6 nitrogen and oxygen atoms in total. The topological polar surface area (TPSA) is 89.0 Å². The molecule has 1 unspecified atom stereocenters. The van der Waals surface area contributed by atoms with Gasteiger partial charge in [-0.15, -0.1) is 0 Å². The van der Waals surface area contributed by atoms with E-state index in [0.717, 1.165) is 5.69 Å². The second-order valence-corrected chi connectivity index (χ2v) is 11.1. The standard InChI is InChI=1S/C23H27F2N3O3S/c1-13-12-26-22(14(2)27-13)28-23(29)19(9-15-10-20(24)21(25)11-15)16-3-5-17(6-4-16)32(30,31)18-7-8-18/h3-6,12,15,18-21H,7-11H2,1-2H3,(H,26,28,29)/t15?,19-,20-,21+/m1/s1. The quantitative estimate of drug-likeness (QED) is 0.664. The normalized spacial score (nSPS) is 24.3. The molecule has 0 bridgehead atoms. The van der Waals surface area contributed by atoms with Crippen molar-refractivity contribution in [2.24, 2.45) is 5.92 Å². The Bertz CT molecular complexity index is 1090. The minimum atomic E-state index is -3.34. The Labute approximate surface area is 186 Å². The highest BCUT2D eigenvalue weighted by molar-refractivity contribution is 7.92. The lowest BCUT2D eigenvalue weighted by Crippen LogP contribution is -2.24. The molecule has 1 amide bonds. The number of aromatic nitrogens is 2. The number of carbonyl (C=O) groups is 1. The molecule has 2 saturated carbocycles. The molecule has 2 aromatic rings. The van der Waals surface area contributed by atoms with Gasteiger partial charge in [0.15, 0.2) is 15.7 Å². The molecule has 32 heavy (non-hydrogen) atoms. The van der Waals surface area contributed by atoms with Gasteiger partial charge in [0, 0.05) is 0 Å². The number of nitrogens with one attached hydrogen (secondary N) is 1. The van der Waals surface area contributed by atoms with Gasteiger partial charge in [-0.2, -0.15) is 0 Å². The molecule has 4 rings (SSSR count). The van der Waals surface area contributed by atoms with Crippen LogP contribution in [0.1, 0.15) is 55.0 Å². The molecule has 1 aromatic heterocycles. The summed E-state index contributed by atoms with van der Waals surface area (Å²) in [6.45, 7) is 3.53. The van der Waals surface area contributed by atoms with E-state index in [1.54, 1.807) is 32.2 Å². The van der Waals surface area contributed by atoms with Gasteiger partial charge in [-0.25, -0.2) is 22.2 Å². The van der Waals surface area contributed by atoms with Crippen LogP contribution in [0, 0.1) is 19.8 Å². The van der Waals surface area contributed by atoms with E-state index in [1.165, 1.54) is 12.1 Å². The number of benzene rings is 1. The van der Waals surface area contributed by atoms with Gasteiger partial charge in [0.05, 0.1) is 33.6 Å². The Balaban J connectivity index is 1.59. The molecule has 1 aromatic carbocycles. The Morgan fingerprint density at radius 3 is 2.31 bits per heavy atom. The molecule has 9 heteroatoms. The Morgan fingerprint density at radius 1 is 1.12 bits per heavy atom. The van der Waals surface area contributed by atoms with Crippen molar-refractivity contribution in [1.29, 1.82) is 0 Å². The number of alkyl halides is 2. The zero-order valence-corrected chi connectivity index (χ0v) is 18.9. The lowest BCUT2D eigenvalue weighted by molar-refractivity contribution is -0.118. The van der Waals surface area contributed by atoms with E-state index in [1.807, 2.05) is 0 Å². The number of halogens is 2. The molecule has 1 N–H and O–H groups in total. The maximum Gasteiger partial charge on any atom is 0.233 e. The summed E-state index contributed by atoms with van der Waals surface area (Å²) in [5, 5.41) is 2.46. The largest absolute Gasteiger partial charge is 0.309 e. The van der Waals surface area contributed by atoms with E-state index in [0.29, 0.717) is 29.9 Å². The highest BCUT2D eigenvalue weighted by atomic mass is 32.2. The molecule has 0 saturated heterocycles. The van der Waals surface area contributed by atoms with Crippen molar-refractivity contribution in [3.8, 4) is 0 Å². The molecule has 2 aliphatic rings. The molecule has 4 atom stereocenters. The van der Waals surface area contributed by atoms with Gasteiger partial charge in [-0.1, -0.05) is 12.1 Å². The summed E-state index contributed by atoms with van der Waals surface area (Å²) in [4.78, 5) is 22.0. The molecular weight excluding hydrogens is 436 g/mol. The summed E-state index contributed by atoms with van der Waals surface area (Å²) < 4.78 is 52.5. The Kier molecular flexibility index (Phi) is 6.29. The van der Waals surface area contributed by atoms with Crippen LogP contribution in [0.5, 0.6) is 0 Å². The van der Waals surface area contributed by atoms with E-state index in [2.05, 4.69) is 15.3 Å². The maximum absolute atomic E-state index is 13.8. The van der Waals surface area contributed by atoms with Crippen molar-refractivity contribution >= 4 is 21.6 Å². The number of hydrogen-bond donors (Lipinski definition) is 1. The van der Waals surface area contributed by atoms with E-state index < -0.39 is 28.1 Å². The first kappa shape index (κ1) is 22.8.